The maximum Gasteiger partial charge on any atom is 0.306 e. The molecular formula is C19H21NO6S. The molecule has 7 nitrogen and oxygen atoms in total. The highest BCUT2D eigenvalue weighted by Crippen LogP contribution is 2.20. The van der Waals surface area contributed by atoms with Gasteiger partial charge in [-0.15, -0.1) is 0 Å². The van der Waals surface area contributed by atoms with Crippen LogP contribution in [0, 0.1) is 0 Å². The maximum absolute atomic E-state index is 11.9. The molecule has 0 aliphatic heterocycles. The number of para-hydroxylation sites is 2. The molecule has 0 aliphatic carbocycles. The van der Waals surface area contributed by atoms with Gasteiger partial charge in [0.1, 0.15) is 5.75 Å². The molecule has 0 atom stereocenters. The zero-order valence-corrected chi connectivity index (χ0v) is 15.7. The van der Waals surface area contributed by atoms with Crippen molar-refractivity contribution in [3.8, 4) is 5.75 Å². The zero-order valence-electron chi connectivity index (χ0n) is 14.9. The molecule has 0 aromatic heterocycles. The van der Waals surface area contributed by atoms with Crippen LogP contribution in [0.15, 0.2) is 59.5 Å². The number of anilines is 1. The lowest BCUT2D eigenvalue weighted by atomic mass is 10.3. The van der Waals surface area contributed by atoms with Crippen molar-refractivity contribution >= 4 is 27.4 Å². The van der Waals surface area contributed by atoms with E-state index in [4.69, 9.17) is 9.47 Å². The molecule has 144 valence electrons. The second-order valence-electron chi connectivity index (χ2n) is 5.74. The van der Waals surface area contributed by atoms with Crippen LogP contribution in [-0.4, -0.2) is 39.8 Å². The molecule has 8 heteroatoms. The van der Waals surface area contributed by atoms with E-state index in [-0.39, 0.29) is 17.0 Å². The Labute approximate surface area is 158 Å². The van der Waals surface area contributed by atoms with E-state index >= 15 is 0 Å². The van der Waals surface area contributed by atoms with E-state index in [0.717, 1.165) is 12.0 Å². The Morgan fingerprint density at radius 3 is 2.37 bits per heavy atom. The van der Waals surface area contributed by atoms with E-state index in [1.165, 1.54) is 12.1 Å². The third-order valence-corrected chi connectivity index (χ3v) is 4.62. The molecule has 0 aliphatic rings. The van der Waals surface area contributed by atoms with Gasteiger partial charge in [0.15, 0.2) is 16.4 Å². The molecule has 1 N–H and O–H groups in total. The molecule has 0 unspecified atom stereocenters. The van der Waals surface area contributed by atoms with Crippen LogP contribution in [0.3, 0.4) is 0 Å². The molecule has 0 spiro atoms. The summed E-state index contributed by atoms with van der Waals surface area (Å²) < 4.78 is 33.8. The van der Waals surface area contributed by atoms with E-state index in [1.807, 2.05) is 30.3 Å². The number of nitrogens with one attached hydrogen (secondary N) is 1. The van der Waals surface area contributed by atoms with Gasteiger partial charge in [0.2, 0.25) is 0 Å². The normalized spacial score (nSPS) is 10.9. The van der Waals surface area contributed by atoms with Crippen molar-refractivity contribution in [3.63, 3.8) is 0 Å². The predicted molar refractivity (Wildman–Crippen MR) is 100 cm³/mol. The quantitative estimate of drug-likeness (QED) is 0.521. The molecule has 2 aromatic rings. The summed E-state index contributed by atoms with van der Waals surface area (Å²) in [6.07, 6.45) is 1.61. The fourth-order valence-electron chi connectivity index (χ4n) is 2.22. The summed E-state index contributed by atoms with van der Waals surface area (Å²) in [5.41, 5.74) is 0.150. The average molecular weight is 391 g/mol. The fourth-order valence-corrected chi connectivity index (χ4v) is 3.07. The minimum absolute atomic E-state index is 0.00253. The summed E-state index contributed by atoms with van der Waals surface area (Å²) in [6.45, 7) is -0.135. The van der Waals surface area contributed by atoms with Crippen molar-refractivity contribution in [1.29, 1.82) is 0 Å². The van der Waals surface area contributed by atoms with Crippen molar-refractivity contribution in [3.05, 3.63) is 54.6 Å². The Bertz CT molecular complexity index is 880. The van der Waals surface area contributed by atoms with Gasteiger partial charge in [0, 0.05) is 12.7 Å². The number of hydrogen-bond donors (Lipinski definition) is 1. The minimum Gasteiger partial charge on any atom is -0.494 e. The first-order valence-corrected chi connectivity index (χ1v) is 10.2. The number of benzene rings is 2. The first kappa shape index (κ1) is 20.4. The van der Waals surface area contributed by atoms with Gasteiger partial charge < -0.3 is 14.8 Å². The molecule has 0 radical (unpaired) electrons. The van der Waals surface area contributed by atoms with Gasteiger partial charge in [-0.2, -0.15) is 0 Å². The summed E-state index contributed by atoms with van der Waals surface area (Å²) >= 11 is 0. The summed E-state index contributed by atoms with van der Waals surface area (Å²) in [7, 11) is -3.48. The monoisotopic (exact) mass is 391 g/mol. The van der Waals surface area contributed by atoms with Gasteiger partial charge in [-0.3, -0.25) is 9.59 Å². The molecule has 2 rings (SSSR count). The second kappa shape index (κ2) is 9.72. The summed E-state index contributed by atoms with van der Waals surface area (Å²) in [6, 6.07) is 15.2. The molecule has 0 fully saturated rings. The lowest BCUT2D eigenvalue weighted by molar-refractivity contribution is -0.147. The van der Waals surface area contributed by atoms with Gasteiger partial charge in [-0.1, -0.05) is 30.3 Å². The number of hydrogen-bond acceptors (Lipinski definition) is 6. The van der Waals surface area contributed by atoms with E-state index in [0.29, 0.717) is 13.0 Å². The summed E-state index contributed by atoms with van der Waals surface area (Å²) in [4.78, 5) is 23.6. The van der Waals surface area contributed by atoms with Crippen LogP contribution < -0.4 is 10.1 Å². The fraction of sp³-hybridized carbons (Fsp3) is 0.263. The smallest absolute Gasteiger partial charge is 0.306 e. The number of amides is 1. The van der Waals surface area contributed by atoms with Crippen molar-refractivity contribution < 1.29 is 27.5 Å². The van der Waals surface area contributed by atoms with Crippen molar-refractivity contribution in [2.75, 3.05) is 24.8 Å². The van der Waals surface area contributed by atoms with E-state index in [9.17, 15) is 18.0 Å². The third-order valence-electron chi connectivity index (χ3n) is 3.46. The number of carbonyl (C=O) groups excluding carboxylic acids is 2. The maximum atomic E-state index is 11.9. The number of esters is 1. The van der Waals surface area contributed by atoms with E-state index < -0.39 is 28.3 Å². The van der Waals surface area contributed by atoms with Crippen molar-refractivity contribution in [2.24, 2.45) is 0 Å². The summed E-state index contributed by atoms with van der Waals surface area (Å²) in [5, 5.41) is 2.44. The van der Waals surface area contributed by atoms with Crippen LogP contribution >= 0.6 is 0 Å². The molecule has 2 aromatic carbocycles. The highest BCUT2D eigenvalue weighted by molar-refractivity contribution is 7.90. The molecular weight excluding hydrogens is 370 g/mol. The average Bonchev–Trinajstić information content (AvgIpc) is 2.64. The van der Waals surface area contributed by atoms with Crippen LogP contribution in [-0.2, 0) is 24.2 Å². The van der Waals surface area contributed by atoms with Crippen molar-refractivity contribution in [1.82, 2.24) is 0 Å². The van der Waals surface area contributed by atoms with Gasteiger partial charge in [-0.25, -0.2) is 8.42 Å². The molecule has 0 saturated carbocycles. The van der Waals surface area contributed by atoms with Crippen LogP contribution in [0.4, 0.5) is 5.69 Å². The lowest BCUT2D eigenvalue weighted by Gasteiger charge is -2.10. The summed E-state index contributed by atoms with van der Waals surface area (Å²) in [5.74, 6) is -0.423. The lowest BCUT2D eigenvalue weighted by Crippen LogP contribution is -2.22. The van der Waals surface area contributed by atoms with E-state index in [1.54, 1.807) is 12.1 Å². The first-order valence-electron chi connectivity index (χ1n) is 8.28. The van der Waals surface area contributed by atoms with Crippen LogP contribution in [0.2, 0.25) is 0 Å². The molecule has 1 amide bonds. The Hall–Kier alpha value is -2.87. The predicted octanol–water partition coefficient (Wildman–Crippen LogP) is 2.43. The Kier molecular flexibility index (Phi) is 7.36. The van der Waals surface area contributed by atoms with Gasteiger partial charge in [0.05, 0.1) is 17.2 Å². The molecule has 0 heterocycles. The third kappa shape index (κ3) is 7.10. The number of rotatable bonds is 9. The Balaban J connectivity index is 1.72. The molecule has 0 saturated heterocycles. The first-order chi connectivity index (χ1) is 12.9. The largest absolute Gasteiger partial charge is 0.494 e. The van der Waals surface area contributed by atoms with E-state index in [2.05, 4.69) is 5.32 Å². The number of ether oxygens (including phenoxy) is 2. The zero-order chi connectivity index (χ0) is 19.7. The van der Waals surface area contributed by atoms with Gasteiger partial charge >= 0.3 is 5.97 Å². The number of carbonyl (C=O) groups is 2. The molecule has 27 heavy (non-hydrogen) atoms. The Morgan fingerprint density at radius 1 is 1.00 bits per heavy atom. The highest BCUT2D eigenvalue weighted by Gasteiger charge is 2.15. The highest BCUT2D eigenvalue weighted by atomic mass is 32.2. The van der Waals surface area contributed by atoms with Gasteiger partial charge in [-0.05, 0) is 30.7 Å². The second-order valence-corrected chi connectivity index (χ2v) is 7.73. The van der Waals surface area contributed by atoms with Crippen molar-refractivity contribution in [2.45, 2.75) is 17.7 Å². The topological polar surface area (TPSA) is 98.8 Å². The van der Waals surface area contributed by atoms with Crippen LogP contribution in [0.5, 0.6) is 5.75 Å². The number of sulfone groups is 1. The SMILES string of the molecule is CS(=O)(=O)c1ccccc1NC(=O)COC(=O)CCCOc1ccccc1. The Morgan fingerprint density at radius 2 is 1.67 bits per heavy atom. The molecule has 0 bridgehead atoms. The minimum atomic E-state index is -3.48. The van der Waals surface area contributed by atoms with Crippen LogP contribution in [0.1, 0.15) is 12.8 Å². The van der Waals surface area contributed by atoms with Gasteiger partial charge in [0.25, 0.3) is 5.91 Å². The van der Waals surface area contributed by atoms with Crippen LogP contribution in [0.25, 0.3) is 0 Å². The standard InChI is InChI=1S/C19H21NO6S/c1-27(23,24)17-11-6-5-10-16(17)20-18(21)14-26-19(22)12-7-13-25-15-8-3-2-4-9-15/h2-6,8-11H,7,12-14H2,1H3,(H,20,21).